The van der Waals surface area contributed by atoms with Gasteiger partial charge < -0.3 is 9.90 Å². The first-order valence-corrected chi connectivity index (χ1v) is 7.36. The van der Waals surface area contributed by atoms with Gasteiger partial charge in [-0.3, -0.25) is 0 Å². The van der Waals surface area contributed by atoms with Crippen molar-refractivity contribution in [3.05, 3.63) is 0 Å². The molecule has 0 aromatic carbocycles. The van der Waals surface area contributed by atoms with E-state index in [0.29, 0.717) is 5.78 Å². The Morgan fingerprint density at radius 1 is 0.895 bits per heavy atom. The molecule has 2 aliphatic rings. The van der Waals surface area contributed by atoms with Crippen molar-refractivity contribution < 1.29 is 9.90 Å². The summed E-state index contributed by atoms with van der Waals surface area (Å²) >= 11 is 0. The summed E-state index contributed by atoms with van der Waals surface area (Å²) < 4.78 is 0. The topological polar surface area (TPSA) is 37.3 Å². The maximum Gasteiger partial charge on any atom is 0.130 e. The first kappa shape index (κ1) is 20.9. The SMILES string of the molecule is C.C.CC(=O)CC1CCCCC1.OC1CCCCC1. The molecule has 2 fully saturated rings. The minimum Gasteiger partial charge on any atom is -0.393 e. The van der Waals surface area contributed by atoms with Crippen LogP contribution in [0.1, 0.15) is 92.4 Å². The van der Waals surface area contributed by atoms with Crippen molar-refractivity contribution in [3.63, 3.8) is 0 Å². The Balaban J connectivity index is 0. The molecule has 2 nitrogen and oxygen atoms in total. The molecular formula is C17H36O2. The second kappa shape index (κ2) is 12.7. The Hall–Kier alpha value is -0.370. The van der Waals surface area contributed by atoms with Crippen molar-refractivity contribution in [2.45, 2.75) is 98.5 Å². The number of Topliss-reactive ketones (excluding diaryl/α,β-unsaturated/α-hetero) is 1. The number of carbonyl (C=O) groups excluding carboxylic acids is 1. The first-order chi connectivity index (χ1) is 8.18. The second-order valence-corrected chi connectivity index (χ2v) is 5.70. The molecule has 2 saturated carbocycles. The molecule has 2 aliphatic carbocycles. The molecule has 0 unspecified atom stereocenters. The van der Waals surface area contributed by atoms with Crippen LogP contribution in [0.15, 0.2) is 0 Å². The standard InChI is InChI=1S/C9H16O.C6H12O.2CH4/c1-8(10)7-9-5-3-2-4-6-9;7-6-4-2-1-3-5-6;;/h9H,2-7H2,1H3;6-7H,1-5H2;2*1H4. The van der Waals surface area contributed by atoms with Crippen LogP contribution >= 0.6 is 0 Å². The number of hydrogen-bond donors (Lipinski definition) is 1. The molecule has 116 valence electrons. The summed E-state index contributed by atoms with van der Waals surface area (Å²) in [7, 11) is 0. The van der Waals surface area contributed by atoms with Crippen molar-refractivity contribution in [1.29, 1.82) is 0 Å². The van der Waals surface area contributed by atoms with E-state index >= 15 is 0 Å². The molecule has 19 heavy (non-hydrogen) atoms. The van der Waals surface area contributed by atoms with Gasteiger partial charge in [-0.2, -0.15) is 0 Å². The van der Waals surface area contributed by atoms with Crippen LogP contribution in [0.25, 0.3) is 0 Å². The smallest absolute Gasteiger partial charge is 0.130 e. The summed E-state index contributed by atoms with van der Waals surface area (Å²) in [6.45, 7) is 1.70. The van der Waals surface area contributed by atoms with Crippen LogP contribution in [0.4, 0.5) is 0 Å². The van der Waals surface area contributed by atoms with E-state index in [1.807, 2.05) is 0 Å². The third-order valence-corrected chi connectivity index (χ3v) is 3.88. The summed E-state index contributed by atoms with van der Waals surface area (Å²) in [6.07, 6.45) is 13.4. The average molecular weight is 272 g/mol. The lowest BCUT2D eigenvalue weighted by Crippen LogP contribution is -2.09. The molecule has 0 saturated heterocycles. The van der Waals surface area contributed by atoms with Crippen LogP contribution in [0.5, 0.6) is 0 Å². The zero-order chi connectivity index (χ0) is 12.5. The molecule has 0 heterocycles. The molecule has 0 atom stereocenters. The van der Waals surface area contributed by atoms with E-state index in [1.165, 1.54) is 51.4 Å². The molecule has 1 N–H and O–H groups in total. The molecular weight excluding hydrogens is 236 g/mol. The lowest BCUT2D eigenvalue weighted by Gasteiger charge is -2.19. The van der Waals surface area contributed by atoms with Gasteiger partial charge in [-0.25, -0.2) is 0 Å². The summed E-state index contributed by atoms with van der Waals surface area (Å²) in [6, 6.07) is 0. The van der Waals surface area contributed by atoms with Crippen molar-refractivity contribution in [2.75, 3.05) is 0 Å². The first-order valence-electron chi connectivity index (χ1n) is 7.36. The Kier molecular flexibility index (Phi) is 13.9. The monoisotopic (exact) mass is 272 g/mol. The van der Waals surface area contributed by atoms with E-state index in [1.54, 1.807) is 6.92 Å². The van der Waals surface area contributed by atoms with E-state index in [-0.39, 0.29) is 21.0 Å². The molecule has 2 rings (SSSR count). The fourth-order valence-corrected chi connectivity index (χ4v) is 2.88. The normalized spacial score (nSPS) is 20.3. The summed E-state index contributed by atoms with van der Waals surface area (Å²) in [5, 5.41) is 8.91. The van der Waals surface area contributed by atoms with Gasteiger partial charge in [0.1, 0.15) is 5.78 Å². The average Bonchev–Trinajstić information content (AvgIpc) is 2.31. The Labute approximate surface area is 121 Å². The highest BCUT2D eigenvalue weighted by molar-refractivity contribution is 5.75. The van der Waals surface area contributed by atoms with Gasteiger partial charge in [0.2, 0.25) is 0 Å². The quantitative estimate of drug-likeness (QED) is 0.756. The van der Waals surface area contributed by atoms with Crippen molar-refractivity contribution in [1.82, 2.24) is 0 Å². The molecule has 0 aromatic rings. The predicted molar refractivity (Wildman–Crippen MR) is 84.4 cm³/mol. The van der Waals surface area contributed by atoms with Crippen molar-refractivity contribution >= 4 is 5.78 Å². The predicted octanol–water partition coefficient (Wildman–Crippen LogP) is 5.13. The third kappa shape index (κ3) is 11.2. The summed E-state index contributed by atoms with van der Waals surface area (Å²) in [5.41, 5.74) is 0. The fraction of sp³-hybridized carbons (Fsp3) is 0.941. The Morgan fingerprint density at radius 2 is 1.32 bits per heavy atom. The van der Waals surface area contributed by atoms with Gasteiger partial charge in [-0.15, -0.1) is 0 Å². The van der Waals surface area contributed by atoms with Crippen LogP contribution in [-0.4, -0.2) is 17.0 Å². The second-order valence-electron chi connectivity index (χ2n) is 5.70. The fourth-order valence-electron chi connectivity index (χ4n) is 2.88. The van der Waals surface area contributed by atoms with Gasteiger partial charge in [0.05, 0.1) is 6.10 Å². The summed E-state index contributed by atoms with van der Waals surface area (Å²) in [5.74, 6) is 1.10. The lowest BCUT2D eigenvalue weighted by atomic mass is 9.86. The maximum atomic E-state index is 10.7. The van der Waals surface area contributed by atoms with E-state index in [2.05, 4.69) is 0 Å². The minimum atomic E-state index is 0. The van der Waals surface area contributed by atoms with E-state index in [0.717, 1.165) is 25.2 Å². The molecule has 0 bridgehead atoms. The van der Waals surface area contributed by atoms with Gasteiger partial charge >= 0.3 is 0 Å². The van der Waals surface area contributed by atoms with Crippen LogP contribution in [0.3, 0.4) is 0 Å². The van der Waals surface area contributed by atoms with E-state index in [9.17, 15) is 4.79 Å². The lowest BCUT2D eigenvalue weighted by molar-refractivity contribution is -0.118. The largest absolute Gasteiger partial charge is 0.393 e. The maximum absolute atomic E-state index is 10.7. The molecule has 0 amide bonds. The number of hydrogen-bond acceptors (Lipinski definition) is 2. The zero-order valence-electron chi connectivity index (χ0n) is 11.3. The molecule has 0 spiro atoms. The Bertz CT molecular complexity index is 201. The molecule has 0 radical (unpaired) electrons. The van der Waals surface area contributed by atoms with Crippen molar-refractivity contribution in [2.24, 2.45) is 5.92 Å². The highest BCUT2D eigenvalue weighted by Gasteiger charge is 2.14. The van der Waals surface area contributed by atoms with E-state index < -0.39 is 0 Å². The highest BCUT2D eigenvalue weighted by atomic mass is 16.3. The number of ketones is 1. The van der Waals surface area contributed by atoms with Gasteiger partial charge in [-0.05, 0) is 25.7 Å². The molecule has 0 aromatic heterocycles. The van der Waals surface area contributed by atoms with Crippen LogP contribution in [0.2, 0.25) is 0 Å². The van der Waals surface area contributed by atoms with E-state index in [4.69, 9.17) is 5.11 Å². The van der Waals surface area contributed by atoms with Crippen LogP contribution in [0, 0.1) is 5.92 Å². The van der Waals surface area contributed by atoms with Gasteiger partial charge in [0.25, 0.3) is 0 Å². The zero-order valence-corrected chi connectivity index (χ0v) is 11.3. The van der Waals surface area contributed by atoms with Crippen molar-refractivity contribution in [3.8, 4) is 0 Å². The van der Waals surface area contributed by atoms with Gasteiger partial charge in [0, 0.05) is 6.42 Å². The minimum absolute atomic E-state index is 0. The van der Waals surface area contributed by atoms with Crippen LogP contribution in [-0.2, 0) is 4.79 Å². The molecule has 0 aliphatic heterocycles. The number of carbonyl (C=O) groups is 1. The molecule has 2 heteroatoms. The Morgan fingerprint density at radius 3 is 1.63 bits per heavy atom. The van der Waals surface area contributed by atoms with Gasteiger partial charge in [-0.1, -0.05) is 66.2 Å². The third-order valence-electron chi connectivity index (χ3n) is 3.88. The summed E-state index contributed by atoms with van der Waals surface area (Å²) in [4.78, 5) is 10.7. The van der Waals surface area contributed by atoms with Gasteiger partial charge in [0.15, 0.2) is 0 Å². The van der Waals surface area contributed by atoms with Crippen LogP contribution < -0.4 is 0 Å². The number of aliphatic hydroxyl groups is 1. The number of rotatable bonds is 2. The number of aliphatic hydroxyl groups excluding tert-OH is 1. The highest BCUT2D eigenvalue weighted by Crippen LogP contribution is 2.26.